The predicted molar refractivity (Wildman–Crippen MR) is 103 cm³/mol. The van der Waals surface area contributed by atoms with Gasteiger partial charge in [-0.25, -0.2) is 4.98 Å². The van der Waals surface area contributed by atoms with Crippen LogP contribution in [0.3, 0.4) is 0 Å². The molecule has 2 aromatic rings. The van der Waals surface area contributed by atoms with Crippen LogP contribution in [0.5, 0.6) is 0 Å². The van der Waals surface area contributed by atoms with Crippen molar-refractivity contribution < 1.29 is 18.0 Å². The number of halogens is 3. The zero-order chi connectivity index (χ0) is 20.7. The van der Waals surface area contributed by atoms with Crippen molar-refractivity contribution in [2.75, 3.05) is 13.6 Å². The summed E-state index contributed by atoms with van der Waals surface area (Å²) >= 11 is 0. The molecule has 0 saturated carbocycles. The topological polar surface area (TPSA) is 57.6 Å². The normalized spacial score (nSPS) is 12.0. The fourth-order valence-electron chi connectivity index (χ4n) is 2.32. The summed E-state index contributed by atoms with van der Waals surface area (Å²) < 4.78 is 39.0. The monoisotopic (exact) mass is 390 g/mol. The zero-order valence-electron chi connectivity index (χ0n) is 15.6. The molecule has 1 N–H and O–H groups in total. The van der Waals surface area contributed by atoms with Crippen LogP contribution in [0.1, 0.15) is 28.7 Å². The summed E-state index contributed by atoms with van der Waals surface area (Å²) in [5, 5.41) is 7.61. The van der Waals surface area contributed by atoms with E-state index in [1.165, 1.54) is 0 Å². The molecule has 8 heteroatoms. The molecule has 1 heterocycles. The third-order valence-corrected chi connectivity index (χ3v) is 3.84. The van der Waals surface area contributed by atoms with E-state index in [-0.39, 0.29) is 36.0 Å². The van der Waals surface area contributed by atoms with Crippen LogP contribution in [0, 0.1) is 0 Å². The van der Waals surface area contributed by atoms with Gasteiger partial charge in [-0.05, 0) is 31.7 Å². The van der Waals surface area contributed by atoms with Crippen LogP contribution in [0.25, 0.3) is 5.70 Å². The standard InChI is InChI=1S/C20H21F3N4O/c1-14(17-10-7-11-18(25-17)19(28)12-24-3)27(26-15(2)20(21,22)23)13-16-8-5-4-6-9-16/h4-11,24H,1,12-13H2,2-3H3/b26-15+. The Balaban J connectivity index is 2.38. The van der Waals surface area contributed by atoms with Crippen LogP contribution >= 0.6 is 0 Å². The Morgan fingerprint density at radius 2 is 1.79 bits per heavy atom. The molecule has 0 spiro atoms. The number of nitrogens with one attached hydrogen (secondary N) is 1. The first kappa shape index (κ1) is 21.3. The van der Waals surface area contributed by atoms with E-state index in [9.17, 15) is 18.0 Å². The van der Waals surface area contributed by atoms with Crippen LogP contribution in [-0.2, 0) is 6.54 Å². The number of rotatable bonds is 8. The zero-order valence-corrected chi connectivity index (χ0v) is 15.6. The number of carbonyl (C=O) groups is 1. The van der Waals surface area contributed by atoms with Gasteiger partial charge in [-0.15, -0.1) is 0 Å². The summed E-state index contributed by atoms with van der Waals surface area (Å²) in [7, 11) is 1.64. The fourth-order valence-corrected chi connectivity index (χ4v) is 2.32. The van der Waals surface area contributed by atoms with E-state index in [1.54, 1.807) is 49.5 Å². The highest BCUT2D eigenvalue weighted by Gasteiger charge is 2.33. The number of Topliss-reactive ketones (excluding diaryl/α,β-unsaturated/α-hetero) is 1. The van der Waals surface area contributed by atoms with E-state index < -0.39 is 11.9 Å². The average Bonchev–Trinajstić information content (AvgIpc) is 2.67. The first-order valence-electron chi connectivity index (χ1n) is 8.50. The van der Waals surface area contributed by atoms with Gasteiger partial charge in [0.05, 0.1) is 24.5 Å². The van der Waals surface area contributed by atoms with Gasteiger partial charge in [-0.2, -0.15) is 18.3 Å². The molecule has 0 amide bonds. The Hall–Kier alpha value is -3.00. The Morgan fingerprint density at radius 1 is 1.14 bits per heavy atom. The molecule has 148 valence electrons. The summed E-state index contributed by atoms with van der Waals surface area (Å²) in [6, 6.07) is 13.7. The van der Waals surface area contributed by atoms with Crippen molar-refractivity contribution in [3.8, 4) is 0 Å². The van der Waals surface area contributed by atoms with Gasteiger partial charge < -0.3 is 5.32 Å². The highest BCUT2D eigenvalue weighted by molar-refractivity contribution is 5.96. The lowest BCUT2D eigenvalue weighted by molar-refractivity contribution is -0.0603. The molecule has 0 saturated heterocycles. The van der Waals surface area contributed by atoms with Gasteiger partial charge in [0.25, 0.3) is 0 Å². The van der Waals surface area contributed by atoms with E-state index in [0.717, 1.165) is 17.5 Å². The summed E-state index contributed by atoms with van der Waals surface area (Å²) in [4.78, 5) is 16.3. The molecule has 1 aromatic carbocycles. The number of nitrogens with zero attached hydrogens (tertiary/aromatic N) is 3. The number of hydrogen-bond donors (Lipinski definition) is 1. The lowest BCUT2D eigenvalue weighted by atomic mass is 10.2. The van der Waals surface area contributed by atoms with Gasteiger partial charge in [0.1, 0.15) is 11.4 Å². The molecule has 0 aliphatic carbocycles. The van der Waals surface area contributed by atoms with Crippen LogP contribution in [0.15, 0.2) is 60.2 Å². The van der Waals surface area contributed by atoms with Crippen molar-refractivity contribution in [3.05, 3.63) is 72.1 Å². The van der Waals surface area contributed by atoms with E-state index in [1.807, 2.05) is 6.07 Å². The van der Waals surface area contributed by atoms with Crippen LogP contribution < -0.4 is 5.32 Å². The van der Waals surface area contributed by atoms with Gasteiger partial charge >= 0.3 is 6.18 Å². The first-order chi connectivity index (χ1) is 13.2. The largest absolute Gasteiger partial charge is 0.430 e. The van der Waals surface area contributed by atoms with E-state index in [4.69, 9.17) is 0 Å². The van der Waals surface area contributed by atoms with Crippen LogP contribution in [-0.4, -0.2) is 41.3 Å². The number of pyridine rings is 1. The van der Waals surface area contributed by atoms with Crippen LogP contribution in [0.4, 0.5) is 13.2 Å². The number of ketones is 1. The minimum absolute atomic E-state index is 0.0729. The quantitative estimate of drug-likeness (QED) is 0.422. The molecule has 0 radical (unpaired) electrons. The molecular formula is C20H21F3N4O. The maximum atomic E-state index is 13.0. The van der Waals surface area contributed by atoms with Gasteiger partial charge in [0.2, 0.25) is 0 Å². The van der Waals surface area contributed by atoms with Gasteiger partial charge in [-0.1, -0.05) is 43.0 Å². The highest BCUT2D eigenvalue weighted by Crippen LogP contribution is 2.23. The molecule has 1 aromatic heterocycles. The third kappa shape index (κ3) is 5.75. The minimum atomic E-state index is -4.56. The first-order valence-corrected chi connectivity index (χ1v) is 8.50. The second kappa shape index (κ2) is 9.27. The van der Waals surface area contributed by atoms with E-state index in [2.05, 4.69) is 22.0 Å². The maximum Gasteiger partial charge on any atom is 0.430 e. The minimum Gasteiger partial charge on any atom is -0.313 e. The summed E-state index contributed by atoms with van der Waals surface area (Å²) in [6.07, 6.45) is -4.56. The SMILES string of the molecule is C=C(c1cccc(C(=O)CNC)n1)N(Cc1ccccc1)/N=C(\C)C(F)(F)F. The average molecular weight is 390 g/mol. The van der Waals surface area contributed by atoms with Crippen molar-refractivity contribution in [1.29, 1.82) is 0 Å². The Morgan fingerprint density at radius 3 is 2.39 bits per heavy atom. The molecule has 0 atom stereocenters. The molecule has 0 aliphatic rings. The van der Waals surface area contributed by atoms with Crippen molar-refractivity contribution >= 4 is 17.2 Å². The third-order valence-electron chi connectivity index (χ3n) is 3.84. The van der Waals surface area contributed by atoms with Crippen molar-refractivity contribution in [2.45, 2.75) is 19.6 Å². The number of hydrazone groups is 1. The second-order valence-corrected chi connectivity index (χ2v) is 6.03. The molecule has 2 rings (SSSR count). The van der Waals surface area contributed by atoms with Gasteiger partial charge in [0.15, 0.2) is 5.78 Å². The summed E-state index contributed by atoms with van der Waals surface area (Å²) in [6.45, 7) is 4.93. The Labute approximate surface area is 161 Å². The summed E-state index contributed by atoms with van der Waals surface area (Å²) in [5.74, 6) is -0.235. The van der Waals surface area contributed by atoms with Crippen molar-refractivity contribution in [1.82, 2.24) is 15.3 Å². The lowest BCUT2D eigenvalue weighted by Crippen LogP contribution is -2.25. The van der Waals surface area contributed by atoms with E-state index >= 15 is 0 Å². The number of likely N-dealkylation sites (N-methyl/N-ethyl adjacent to an activating group) is 1. The van der Waals surface area contributed by atoms with Crippen molar-refractivity contribution in [2.24, 2.45) is 5.10 Å². The molecule has 0 bridgehead atoms. The molecule has 0 unspecified atom stereocenters. The lowest BCUT2D eigenvalue weighted by Gasteiger charge is -2.23. The Kier molecular flexibility index (Phi) is 7.06. The molecular weight excluding hydrogens is 369 g/mol. The smallest absolute Gasteiger partial charge is 0.313 e. The van der Waals surface area contributed by atoms with Crippen molar-refractivity contribution in [3.63, 3.8) is 0 Å². The predicted octanol–water partition coefficient (Wildman–Crippen LogP) is 3.89. The Bertz CT molecular complexity index is 863. The molecule has 28 heavy (non-hydrogen) atoms. The number of carbonyl (C=O) groups excluding carboxylic acids is 1. The van der Waals surface area contributed by atoms with Gasteiger partial charge in [-0.3, -0.25) is 9.80 Å². The van der Waals surface area contributed by atoms with E-state index in [0.29, 0.717) is 0 Å². The highest BCUT2D eigenvalue weighted by atomic mass is 19.4. The molecule has 0 fully saturated rings. The number of hydrogen-bond acceptors (Lipinski definition) is 5. The fraction of sp³-hybridized carbons (Fsp3) is 0.250. The number of benzene rings is 1. The second-order valence-electron chi connectivity index (χ2n) is 6.03. The van der Waals surface area contributed by atoms with Crippen LogP contribution in [0.2, 0.25) is 0 Å². The molecule has 0 aliphatic heterocycles. The number of aromatic nitrogens is 1. The number of alkyl halides is 3. The van der Waals surface area contributed by atoms with Gasteiger partial charge in [0, 0.05) is 0 Å². The maximum absolute atomic E-state index is 13.0. The summed E-state index contributed by atoms with van der Waals surface area (Å²) in [5.41, 5.74) is 0.379. The molecule has 5 nitrogen and oxygen atoms in total.